The van der Waals surface area contributed by atoms with E-state index in [2.05, 4.69) is 0 Å². The maximum Gasteiger partial charge on any atom is 0.328 e. The molecule has 0 aliphatic heterocycles. The van der Waals surface area contributed by atoms with Crippen LogP contribution in [0.4, 0.5) is 10.1 Å². The van der Waals surface area contributed by atoms with Gasteiger partial charge in [-0.15, -0.1) is 0 Å². The highest BCUT2D eigenvalue weighted by Crippen LogP contribution is 2.11. The van der Waals surface area contributed by atoms with Crippen molar-refractivity contribution in [3.63, 3.8) is 0 Å². The van der Waals surface area contributed by atoms with Crippen LogP contribution in [0, 0.1) is 5.82 Å². The van der Waals surface area contributed by atoms with Gasteiger partial charge in [0.1, 0.15) is 0 Å². The van der Waals surface area contributed by atoms with Crippen molar-refractivity contribution in [3.05, 3.63) is 57.1 Å². The second-order valence-corrected chi connectivity index (χ2v) is 6.46. The molecule has 1 aromatic heterocycles. The zero-order valence-electron chi connectivity index (χ0n) is 12.2. The maximum absolute atomic E-state index is 13.1. The number of H-pyrrole nitrogens is 1. The van der Waals surface area contributed by atoms with Gasteiger partial charge >= 0.3 is 5.69 Å². The Bertz CT molecular complexity index is 979. The second-order valence-electron chi connectivity index (χ2n) is 4.78. The van der Waals surface area contributed by atoms with Gasteiger partial charge in [0, 0.05) is 18.7 Å². The van der Waals surface area contributed by atoms with Crippen molar-refractivity contribution in [2.24, 2.45) is 0 Å². The number of halogens is 1. The van der Waals surface area contributed by atoms with Gasteiger partial charge in [-0.25, -0.2) is 17.9 Å². The van der Waals surface area contributed by atoms with Crippen LogP contribution in [-0.4, -0.2) is 23.9 Å². The standard InChI is InChI=1S/C13H13FN4O5S/c14-10-7-18(13(21)16-12(10)20)6-5-11(19)17-24(22,23)9-3-1-8(15)2-4-9/h1-4,7H,5-6,15H2,(H,17,19)(H,16,20,21). The zero-order valence-corrected chi connectivity index (χ0v) is 13.0. The Kier molecular flexibility index (Phi) is 4.83. The minimum Gasteiger partial charge on any atom is -0.399 e. The Labute approximate surface area is 135 Å². The molecule has 0 spiro atoms. The lowest BCUT2D eigenvalue weighted by molar-refractivity contribution is -0.119. The number of carbonyl (C=O) groups excluding carboxylic acids is 1. The summed E-state index contributed by atoms with van der Waals surface area (Å²) in [4.78, 5) is 35.6. The van der Waals surface area contributed by atoms with Crippen LogP contribution in [0.5, 0.6) is 0 Å². The lowest BCUT2D eigenvalue weighted by Crippen LogP contribution is -2.34. The first-order valence-corrected chi connectivity index (χ1v) is 8.08. The molecule has 0 bridgehead atoms. The largest absolute Gasteiger partial charge is 0.399 e. The van der Waals surface area contributed by atoms with E-state index < -0.39 is 39.4 Å². The summed E-state index contributed by atoms with van der Waals surface area (Å²) in [5.74, 6) is -2.09. The van der Waals surface area contributed by atoms with Gasteiger partial charge in [0.05, 0.1) is 11.1 Å². The van der Waals surface area contributed by atoms with Crippen LogP contribution < -0.4 is 21.7 Å². The number of benzene rings is 1. The van der Waals surface area contributed by atoms with Crippen molar-refractivity contribution in [3.8, 4) is 0 Å². The maximum atomic E-state index is 13.1. The van der Waals surface area contributed by atoms with E-state index in [1.54, 1.807) is 4.98 Å². The molecule has 2 aromatic rings. The summed E-state index contributed by atoms with van der Waals surface area (Å²) in [5, 5.41) is 0. The normalized spacial score (nSPS) is 11.2. The molecule has 0 fully saturated rings. The van der Waals surface area contributed by atoms with E-state index in [1.165, 1.54) is 24.3 Å². The fourth-order valence-corrected chi connectivity index (χ4v) is 2.79. The number of aryl methyl sites for hydroxylation is 1. The molecule has 1 amide bonds. The van der Waals surface area contributed by atoms with Crippen molar-refractivity contribution in [1.29, 1.82) is 0 Å². The zero-order chi connectivity index (χ0) is 17.9. The van der Waals surface area contributed by atoms with E-state index in [0.717, 1.165) is 4.57 Å². The average Bonchev–Trinajstić information content (AvgIpc) is 2.49. The molecule has 9 nitrogen and oxygen atoms in total. The number of sulfonamides is 1. The number of carbonyl (C=O) groups is 1. The third kappa shape index (κ3) is 4.07. The fourth-order valence-electron chi connectivity index (χ4n) is 1.78. The van der Waals surface area contributed by atoms with Crippen molar-refractivity contribution in [2.75, 3.05) is 5.73 Å². The van der Waals surface area contributed by atoms with Gasteiger partial charge in [0.2, 0.25) is 11.7 Å². The van der Waals surface area contributed by atoms with Crippen LogP contribution in [0.1, 0.15) is 6.42 Å². The number of anilines is 1. The van der Waals surface area contributed by atoms with E-state index in [-0.39, 0.29) is 11.4 Å². The molecule has 0 saturated carbocycles. The van der Waals surface area contributed by atoms with E-state index in [9.17, 15) is 27.2 Å². The smallest absolute Gasteiger partial charge is 0.328 e. The SMILES string of the molecule is Nc1ccc(S(=O)(=O)NC(=O)CCn2cc(F)c(=O)[nH]c2=O)cc1. The summed E-state index contributed by atoms with van der Waals surface area (Å²) < 4.78 is 39.6. The molecule has 1 aromatic carbocycles. The number of nitrogen functional groups attached to an aromatic ring is 1. The number of aromatic nitrogens is 2. The summed E-state index contributed by atoms with van der Waals surface area (Å²) in [6, 6.07) is 5.18. The minimum absolute atomic E-state index is 0.155. The summed E-state index contributed by atoms with van der Waals surface area (Å²) >= 11 is 0. The summed E-state index contributed by atoms with van der Waals surface area (Å²) in [6.07, 6.45) is 0.225. The van der Waals surface area contributed by atoms with Crippen LogP contribution in [0.25, 0.3) is 0 Å². The molecule has 2 rings (SSSR count). The monoisotopic (exact) mass is 356 g/mol. The predicted octanol–water partition coefficient (Wildman–Crippen LogP) is -0.847. The lowest BCUT2D eigenvalue weighted by atomic mass is 10.3. The van der Waals surface area contributed by atoms with E-state index in [0.29, 0.717) is 11.9 Å². The molecular formula is C13H13FN4O5S. The lowest BCUT2D eigenvalue weighted by Gasteiger charge is -2.08. The molecule has 0 aliphatic carbocycles. The van der Waals surface area contributed by atoms with Crippen molar-refractivity contribution < 1.29 is 17.6 Å². The highest BCUT2D eigenvalue weighted by atomic mass is 32.2. The molecule has 1 heterocycles. The Hall–Kier alpha value is -2.95. The second kappa shape index (κ2) is 6.66. The van der Waals surface area contributed by atoms with Crippen molar-refractivity contribution in [2.45, 2.75) is 17.9 Å². The van der Waals surface area contributed by atoms with Gasteiger partial charge in [-0.05, 0) is 24.3 Å². The first kappa shape index (κ1) is 17.4. The fraction of sp³-hybridized carbons (Fsp3) is 0.154. The molecule has 0 radical (unpaired) electrons. The third-order valence-corrected chi connectivity index (χ3v) is 4.37. The number of hydrogen-bond donors (Lipinski definition) is 3. The molecule has 128 valence electrons. The molecule has 11 heteroatoms. The van der Waals surface area contributed by atoms with Gasteiger partial charge < -0.3 is 5.73 Å². The summed E-state index contributed by atoms with van der Waals surface area (Å²) in [5.41, 5.74) is 3.73. The van der Waals surface area contributed by atoms with Crippen LogP contribution in [0.3, 0.4) is 0 Å². The van der Waals surface area contributed by atoms with Crippen molar-refractivity contribution in [1.82, 2.24) is 14.3 Å². The van der Waals surface area contributed by atoms with Gasteiger partial charge in [-0.3, -0.25) is 19.1 Å². The number of nitrogens with zero attached hydrogens (tertiary/aromatic N) is 1. The number of nitrogens with two attached hydrogens (primary N) is 1. The summed E-state index contributed by atoms with van der Waals surface area (Å²) in [6.45, 7) is -0.310. The van der Waals surface area contributed by atoms with Crippen LogP contribution >= 0.6 is 0 Å². The highest BCUT2D eigenvalue weighted by Gasteiger charge is 2.17. The quantitative estimate of drug-likeness (QED) is 0.595. The van der Waals surface area contributed by atoms with E-state index >= 15 is 0 Å². The topological polar surface area (TPSA) is 144 Å². The van der Waals surface area contributed by atoms with E-state index in [4.69, 9.17) is 5.73 Å². The molecule has 0 unspecified atom stereocenters. The number of rotatable bonds is 5. The van der Waals surface area contributed by atoms with Gasteiger partial charge in [-0.2, -0.15) is 4.39 Å². The first-order chi connectivity index (χ1) is 11.2. The Morgan fingerprint density at radius 3 is 2.50 bits per heavy atom. The van der Waals surface area contributed by atoms with Gasteiger partial charge in [0.15, 0.2) is 0 Å². The van der Waals surface area contributed by atoms with E-state index in [1.807, 2.05) is 4.72 Å². The molecular weight excluding hydrogens is 343 g/mol. The Morgan fingerprint density at radius 1 is 1.25 bits per heavy atom. The number of aromatic amines is 1. The first-order valence-electron chi connectivity index (χ1n) is 6.59. The average molecular weight is 356 g/mol. The summed E-state index contributed by atoms with van der Waals surface area (Å²) in [7, 11) is -4.08. The molecule has 0 aliphatic rings. The Morgan fingerprint density at radius 2 is 1.88 bits per heavy atom. The molecule has 0 atom stereocenters. The van der Waals surface area contributed by atoms with Gasteiger partial charge in [0.25, 0.3) is 15.6 Å². The van der Waals surface area contributed by atoms with Crippen LogP contribution in [0.2, 0.25) is 0 Å². The number of amides is 1. The molecule has 0 saturated heterocycles. The van der Waals surface area contributed by atoms with Crippen LogP contribution in [0.15, 0.2) is 44.9 Å². The van der Waals surface area contributed by atoms with Gasteiger partial charge in [-0.1, -0.05) is 0 Å². The third-order valence-electron chi connectivity index (χ3n) is 2.99. The Balaban J connectivity index is 2.06. The number of nitrogens with one attached hydrogen (secondary N) is 2. The molecule has 24 heavy (non-hydrogen) atoms. The highest BCUT2D eigenvalue weighted by molar-refractivity contribution is 7.90. The van der Waals surface area contributed by atoms with Crippen molar-refractivity contribution >= 4 is 21.6 Å². The molecule has 4 N–H and O–H groups in total. The van der Waals surface area contributed by atoms with Crippen LogP contribution in [-0.2, 0) is 21.4 Å². The predicted molar refractivity (Wildman–Crippen MR) is 82.1 cm³/mol. The minimum atomic E-state index is -4.08. The number of hydrogen-bond acceptors (Lipinski definition) is 6.